The monoisotopic (exact) mass is 445 g/mol. The molecule has 1 N–H and O–H groups in total. The number of benzene rings is 2. The summed E-state index contributed by atoms with van der Waals surface area (Å²) in [7, 11) is 1.62. The van der Waals surface area contributed by atoms with Gasteiger partial charge in [0.05, 0.1) is 28.6 Å². The maximum Gasteiger partial charge on any atom is 0.338 e. The average Bonchev–Trinajstić information content (AvgIpc) is 2.98. The zero-order chi connectivity index (χ0) is 21.7. The molecule has 7 nitrogen and oxygen atoms in total. The summed E-state index contributed by atoms with van der Waals surface area (Å²) in [5.41, 5.74) is 1.52. The van der Waals surface area contributed by atoms with E-state index in [1.807, 2.05) is 0 Å². The Balaban J connectivity index is 1.66. The third-order valence-corrected chi connectivity index (χ3v) is 5.82. The summed E-state index contributed by atoms with van der Waals surface area (Å²) >= 11 is 7.28. The van der Waals surface area contributed by atoms with E-state index >= 15 is 0 Å². The molecule has 1 fully saturated rings. The van der Waals surface area contributed by atoms with Gasteiger partial charge in [0, 0.05) is 13.5 Å². The average molecular weight is 446 g/mol. The molecule has 1 aliphatic heterocycles. The van der Waals surface area contributed by atoms with Crippen molar-refractivity contribution in [1.82, 2.24) is 4.90 Å². The van der Waals surface area contributed by atoms with E-state index in [-0.39, 0.29) is 18.2 Å². The zero-order valence-corrected chi connectivity index (χ0v) is 18.0. The van der Waals surface area contributed by atoms with Crippen molar-refractivity contribution in [2.45, 2.75) is 18.6 Å². The second kappa shape index (κ2) is 9.77. The Hall–Kier alpha value is -2.84. The van der Waals surface area contributed by atoms with E-state index in [4.69, 9.17) is 16.3 Å². The number of amidine groups is 1. The van der Waals surface area contributed by atoms with Crippen LogP contribution in [0.3, 0.4) is 0 Å². The van der Waals surface area contributed by atoms with Crippen LogP contribution in [-0.2, 0) is 14.3 Å². The molecule has 0 spiro atoms. The summed E-state index contributed by atoms with van der Waals surface area (Å²) in [6.07, 6.45) is -0.000120. The number of thioether (sulfide) groups is 1. The Kier molecular flexibility index (Phi) is 7.12. The molecule has 1 heterocycles. The first-order valence-electron chi connectivity index (χ1n) is 9.23. The fourth-order valence-electron chi connectivity index (χ4n) is 2.73. The minimum Gasteiger partial charge on any atom is -0.462 e. The number of nitrogens with one attached hydrogen (secondary N) is 1. The number of ether oxygens (including phenoxy) is 1. The number of hydrogen-bond acceptors (Lipinski definition) is 6. The number of carbonyl (C=O) groups is 3. The lowest BCUT2D eigenvalue weighted by atomic mass is 10.2. The van der Waals surface area contributed by atoms with Crippen molar-refractivity contribution in [1.29, 1.82) is 0 Å². The van der Waals surface area contributed by atoms with Gasteiger partial charge < -0.3 is 10.1 Å². The van der Waals surface area contributed by atoms with Gasteiger partial charge in [-0.25, -0.2) is 9.79 Å². The van der Waals surface area contributed by atoms with Gasteiger partial charge in [-0.15, -0.1) is 0 Å². The van der Waals surface area contributed by atoms with Crippen molar-refractivity contribution in [2.75, 3.05) is 19.0 Å². The van der Waals surface area contributed by atoms with Crippen LogP contribution in [0.15, 0.2) is 53.5 Å². The first kappa shape index (κ1) is 21.9. The molecular formula is C21H20ClN3O4S. The number of hydrogen-bond donors (Lipinski definition) is 1. The molecule has 1 saturated heterocycles. The van der Waals surface area contributed by atoms with Crippen LogP contribution in [0.25, 0.3) is 0 Å². The predicted octanol–water partition coefficient (Wildman–Crippen LogP) is 4.11. The number of esters is 1. The number of halogens is 1. The van der Waals surface area contributed by atoms with Gasteiger partial charge in [0.15, 0.2) is 5.17 Å². The topological polar surface area (TPSA) is 88.1 Å². The number of nitrogens with zero attached hydrogens (tertiary/aromatic N) is 2. The number of amides is 2. The maximum absolute atomic E-state index is 12.5. The molecule has 0 bridgehead atoms. The van der Waals surface area contributed by atoms with Gasteiger partial charge in [-0.1, -0.05) is 35.5 Å². The number of aliphatic imine (C=N–C) groups is 1. The highest BCUT2D eigenvalue weighted by molar-refractivity contribution is 8.15. The van der Waals surface area contributed by atoms with E-state index in [1.54, 1.807) is 62.5 Å². The second-order valence-electron chi connectivity index (χ2n) is 6.40. The Bertz CT molecular complexity index is 994. The third kappa shape index (κ3) is 5.20. The molecule has 2 amide bonds. The molecule has 0 aromatic heterocycles. The highest BCUT2D eigenvalue weighted by Crippen LogP contribution is 2.31. The van der Waals surface area contributed by atoms with Crippen molar-refractivity contribution in [3.05, 3.63) is 59.1 Å². The van der Waals surface area contributed by atoms with Gasteiger partial charge in [-0.2, -0.15) is 0 Å². The molecule has 0 radical (unpaired) electrons. The SMILES string of the molecule is CCOC(=O)c1ccc(N=C2S[C@H](CC(=O)Nc3ccccc3Cl)C(=O)N2C)cc1. The fourth-order valence-corrected chi connectivity index (χ4v) is 4.06. The molecule has 30 heavy (non-hydrogen) atoms. The lowest BCUT2D eigenvalue weighted by molar-refractivity contribution is -0.127. The number of anilines is 1. The molecule has 3 rings (SSSR count). The second-order valence-corrected chi connectivity index (χ2v) is 7.97. The minimum absolute atomic E-state index is 0.000120. The van der Waals surface area contributed by atoms with E-state index < -0.39 is 11.2 Å². The first-order valence-corrected chi connectivity index (χ1v) is 10.5. The summed E-state index contributed by atoms with van der Waals surface area (Å²) in [6, 6.07) is 13.5. The van der Waals surface area contributed by atoms with E-state index in [9.17, 15) is 14.4 Å². The van der Waals surface area contributed by atoms with Crippen LogP contribution in [0.4, 0.5) is 11.4 Å². The van der Waals surface area contributed by atoms with Crippen molar-refractivity contribution in [2.24, 2.45) is 4.99 Å². The van der Waals surface area contributed by atoms with Crippen LogP contribution in [0.5, 0.6) is 0 Å². The number of carbonyl (C=O) groups excluding carboxylic acids is 3. The normalized spacial score (nSPS) is 17.3. The van der Waals surface area contributed by atoms with E-state index in [0.29, 0.717) is 33.7 Å². The highest BCUT2D eigenvalue weighted by Gasteiger charge is 2.37. The van der Waals surface area contributed by atoms with E-state index in [0.717, 1.165) is 0 Å². The summed E-state index contributed by atoms with van der Waals surface area (Å²) in [6.45, 7) is 2.05. The quantitative estimate of drug-likeness (QED) is 0.676. The van der Waals surface area contributed by atoms with Crippen molar-refractivity contribution >= 4 is 57.7 Å². The van der Waals surface area contributed by atoms with Gasteiger partial charge in [-0.05, 0) is 43.3 Å². The van der Waals surface area contributed by atoms with E-state index in [2.05, 4.69) is 10.3 Å². The summed E-state index contributed by atoms with van der Waals surface area (Å²) < 4.78 is 4.96. The maximum atomic E-state index is 12.5. The van der Waals surface area contributed by atoms with E-state index in [1.165, 1.54) is 16.7 Å². The largest absolute Gasteiger partial charge is 0.462 e. The van der Waals surface area contributed by atoms with Gasteiger partial charge in [0.25, 0.3) is 0 Å². The van der Waals surface area contributed by atoms with Crippen LogP contribution >= 0.6 is 23.4 Å². The molecule has 0 saturated carbocycles. The van der Waals surface area contributed by atoms with Crippen LogP contribution < -0.4 is 5.32 Å². The number of rotatable bonds is 6. The summed E-state index contributed by atoms with van der Waals surface area (Å²) in [5.74, 6) is -0.901. The Morgan fingerprint density at radius 2 is 1.90 bits per heavy atom. The Labute approximate surface area is 183 Å². The van der Waals surface area contributed by atoms with Gasteiger partial charge in [-0.3, -0.25) is 14.5 Å². The van der Waals surface area contributed by atoms with Crippen molar-refractivity contribution < 1.29 is 19.1 Å². The first-order chi connectivity index (χ1) is 14.4. The lowest BCUT2D eigenvalue weighted by Crippen LogP contribution is -2.30. The van der Waals surface area contributed by atoms with Crippen molar-refractivity contribution in [3.8, 4) is 0 Å². The Morgan fingerprint density at radius 1 is 1.20 bits per heavy atom. The molecular weight excluding hydrogens is 426 g/mol. The summed E-state index contributed by atoms with van der Waals surface area (Å²) in [5, 5.41) is 3.07. The Morgan fingerprint density at radius 3 is 2.57 bits per heavy atom. The lowest BCUT2D eigenvalue weighted by Gasteiger charge is -2.10. The van der Waals surface area contributed by atoms with Gasteiger partial charge in [0.2, 0.25) is 11.8 Å². The third-order valence-electron chi connectivity index (χ3n) is 4.26. The molecule has 9 heteroatoms. The minimum atomic E-state index is -0.574. The van der Waals surface area contributed by atoms with Crippen LogP contribution in [0.2, 0.25) is 5.02 Å². The molecule has 0 aliphatic carbocycles. The molecule has 0 unspecified atom stereocenters. The van der Waals surface area contributed by atoms with Crippen LogP contribution in [-0.4, -0.2) is 46.8 Å². The predicted molar refractivity (Wildman–Crippen MR) is 118 cm³/mol. The van der Waals surface area contributed by atoms with Gasteiger partial charge in [0.1, 0.15) is 5.25 Å². The fraction of sp³-hybridized carbons (Fsp3) is 0.238. The summed E-state index contributed by atoms with van der Waals surface area (Å²) in [4.78, 5) is 42.5. The molecule has 2 aromatic carbocycles. The highest BCUT2D eigenvalue weighted by atomic mass is 35.5. The van der Waals surface area contributed by atoms with Crippen LogP contribution in [0, 0.1) is 0 Å². The molecule has 156 valence electrons. The molecule has 1 aliphatic rings. The molecule has 2 aromatic rings. The van der Waals surface area contributed by atoms with Crippen LogP contribution in [0.1, 0.15) is 23.7 Å². The zero-order valence-electron chi connectivity index (χ0n) is 16.4. The number of para-hydroxylation sites is 1. The molecule has 1 atom stereocenters. The standard InChI is InChI=1S/C21H20ClN3O4S/c1-3-29-20(28)13-8-10-14(11-9-13)23-21-25(2)19(27)17(30-21)12-18(26)24-16-7-5-4-6-15(16)22/h4-11,17H,3,12H2,1-2H3,(H,24,26)/t17-/m1/s1. The van der Waals surface area contributed by atoms with Crippen molar-refractivity contribution in [3.63, 3.8) is 0 Å². The van der Waals surface area contributed by atoms with Gasteiger partial charge >= 0.3 is 5.97 Å². The smallest absolute Gasteiger partial charge is 0.338 e.